The van der Waals surface area contributed by atoms with Crippen molar-refractivity contribution in [1.29, 1.82) is 5.26 Å². The number of rotatable bonds is 3. The smallest absolute Gasteiger partial charge is 0.225 e. The van der Waals surface area contributed by atoms with Gasteiger partial charge in [-0.25, -0.2) is 4.39 Å². The summed E-state index contributed by atoms with van der Waals surface area (Å²) in [7, 11) is 1.63. The Labute approximate surface area is 165 Å². The van der Waals surface area contributed by atoms with Crippen molar-refractivity contribution < 1.29 is 14.0 Å². The molecule has 2 saturated heterocycles. The number of halogens is 1. The molecule has 0 bridgehead atoms. The van der Waals surface area contributed by atoms with Crippen molar-refractivity contribution >= 4 is 17.5 Å². The van der Waals surface area contributed by atoms with Crippen molar-refractivity contribution in [3.8, 4) is 6.07 Å². The van der Waals surface area contributed by atoms with Crippen molar-refractivity contribution in [1.82, 2.24) is 10.2 Å². The van der Waals surface area contributed by atoms with Crippen molar-refractivity contribution in [3.63, 3.8) is 0 Å². The Balaban J connectivity index is 1.60. The molecule has 3 rings (SSSR count). The van der Waals surface area contributed by atoms with Crippen LogP contribution in [0.1, 0.15) is 31.7 Å². The molecular formula is C21H27FN4O2. The van der Waals surface area contributed by atoms with Crippen molar-refractivity contribution in [2.24, 2.45) is 17.8 Å². The second kappa shape index (κ2) is 8.59. The van der Waals surface area contributed by atoms with Crippen molar-refractivity contribution in [2.45, 2.75) is 26.2 Å². The summed E-state index contributed by atoms with van der Waals surface area (Å²) in [4.78, 5) is 28.8. The average molecular weight is 386 g/mol. The van der Waals surface area contributed by atoms with Gasteiger partial charge >= 0.3 is 0 Å². The average Bonchev–Trinajstić information content (AvgIpc) is 2.72. The van der Waals surface area contributed by atoms with Crippen LogP contribution in [-0.2, 0) is 9.59 Å². The molecule has 2 unspecified atom stereocenters. The summed E-state index contributed by atoms with van der Waals surface area (Å²) < 4.78 is 14.3. The van der Waals surface area contributed by atoms with Crippen LogP contribution >= 0.6 is 0 Å². The Bertz CT molecular complexity index is 783. The molecule has 150 valence electrons. The molecule has 2 aliphatic rings. The Morgan fingerprint density at radius 3 is 2.54 bits per heavy atom. The number of hydrogen-bond donors (Lipinski definition) is 1. The van der Waals surface area contributed by atoms with Crippen molar-refractivity contribution in [2.75, 3.05) is 38.1 Å². The van der Waals surface area contributed by atoms with Crippen LogP contribution in [0, 0.1) is 34.9 Å². The summed E-state index contributed by atoms with van der Waals surface area (Å²) in [5, 5.41) is 11.6. The number of piperidine rings is 2. The Morgan fingerprint density at radius 2 is 1.93 bits per heavy atom. The summed E-state index contributed by atoms with van der Waals surface area (Å²) in [5.41, 5.74) is 0.785. The largest absolute Gasteiger partial charge is 0.369 e. The van der Waals surface area contributed by atoms with Crippen LogP contribution in [0.4, 0.5) is 10.1 Å². The molecule has 7 heteroatoms. The van der Waals surface area contributed by atoms with Gasteiger partial charge in [0.25, 0.3) is 0 Å². The predicted molar refractivity (Wildman–Crippen MR) is 104 cm³/mol. The highest BCUT2D eigenvalue weighted by atomic mass is 19.1. The van der Waals surface area contributed by atoms with Gasteiger partial charge in [-0.05, 0) is 43.4 Å². The van der Waals surface area contributed by atoms with E-state index < -0.39 is 5.82 Å². The molecule has 2 amide bonds. The van der Waals surface area contributed by atoms with E-state index in [2.05, 4.69) is 12.2 Å². The number of likely N-dealkylation sites (tertiary alicyclic amines) is 1. The molecule has 2 aliphatic heterocycles. The van der Waals surface area contributed by atoms with Gasteiger partial charge in [-0.3, -0.25) is 9.59 Å². The topological polar surface area (TPSA) is 76.4 Å². The SMILES string of the molecule is CNC(=O)C1CC(C)CN(C(=O)C2CCN(c3ccc(C#N)cc3F)CC2)C1. The fourth-order valence-electron chi connectivity index (χ4n) is 4.38. The van der Waals surface area contributed by atoms with E-state index in [9.17, 15) is 14.0 Å². The van der Waals surface area contributed by atoms with E-state index in [1.54, 1.807) is 19.2 Å². The first-order chi connectivity index (χ1) is 13.4. The molecule has 0 aromatic heterocycles. The maximum atomic E-state index is 14.3. The molecular weight excluding hydrogens is 359 g/mol. The van der Waals surface area contributed by atoms with Gasteiger partial charge in [0.2, 0.25) is 11.8 Å². The molecule has 0 radical (unpaired) electrons. The minimum absolute atomic E-state index is 0.00420. The molecule has 0 spiro atoms. The maximum absolute atomic E-state index is 14.3. The highest BCUT2D eigenvalue weighted by Crippen LogP contribution is 2.29. The number of nitrogens with zero attached hydrogens (tertiary/aromatic N) is 3. The van der Waals surface area contributed by atoms with Gasteiger partial charge in [-0.2, -0.15) is 5.26 Å². The third kappa shape index (κ3) is 4.27. The number of amides is 2. The maximum Gasteiger partial charge on any atom is 0.225 e. The predicted octanol–water partition coefficient (Wildman–Crippen LogP) is 2.14. The van der Waals surface area contributed by atoms with E-state index >= 15 is 0 Å². The van der Waals surface area contributed by atoms with Gasteiger partial charge in [0.1, 0.15) is 5.82 Å². The summed E-state index contributed by atoms with van der Waals surface area (Å²) >= 11 is 0. The third-order valence-electron chi connectivity index (χ3n) is 5.85. The van der Waals surface area contributed by atoms with E-state index in [1.165, 1.54) is 6.07 Å². The van der Waals surface area contributed by atoms with Gasteiger partial charge in [0.15, 0.2) is 0 Å². The standard InChI is InChI=1S/C21H27FN4O2/c1-14-9-17(20(27)24-2)13-26(12-14)21(28)16-5-7-25(8-6-16)19-4-3-15(11-23)10-18(19)22/h3-4,10,14,16-17H,5-9,12-13H2,1-2H3,(H,24,27). The lowest BCUT2D eigenvalue weighted by Gasteiger charge is -2.40. The molecule has 2 atom stereocenters. The van der Waals surface area contributed by atoms with Gasteiger partial charge < -0.3 is 15.1 Å². The van der Waals surface area contributed by atoms with E-state index in [0.717, 1.165) is 6.42 Å². The summed E-state index contributed by atoms with van der Waals surface area (Å²) in [5.74, 6) is -0.232. The van der Waals surface area contributed by atoms with E-state index in [1.807, 2.05) is 15.9 Å². The zero-order valence-corrected chi connectivity index (χ0v) is 16.4. The molecule has 2 heterocycles. The molecule has 0 aliphatic carbocycles. The second-order valence-electron chi connectivity index (χ2n) is 7.93. The summed E-state index contributed by atoms with van der Waals surface area (Å²) in [6, 6.07) is 6.44. The molecule has 1 N–H and O–H groups in total. The minimum Gasteiger partial charge on any atom is -0.369 e. The molecule has 1 aromatic rings. The van der Waals surface area contributed by atoms with Gasteiger partial charge in [0, 0.05) is 39.1 Å². The highest BCUT2D eigenvalue weighted by Gasteiger charge is 2.35. The van der Waals surface area contributed by atoms with Crippen LogP contribution in [0.15, 0.2) is 18.2 Å². The first-order valence-corrected chi connectivity index (χ1v) is 9.88. The molecule has 28 heavy (non-hydrogen) atoms. The number of carbonyl (C=O) groups is 2. The molecule has 0 saturated carbocycles. The Hall–Kier alpha value is -2.62. The lowest BCUT2D eigenvalue weighted by Crippen LogP contribution is -2.50. The number of carbonyl (C=O) groups excluding carboxylic acids is 2. The fraction of sp³-hybridized carbons (Fsp3) is 0.571. The number of benzene rings is 1. The third-order valence-corrected chi connectivity index (χ3v) is 5.85. The van der Waals surface area contributed by atoms with Gasteiger partial charge in [-0.15, -0.1) is 0 Å². The number of hydrogen-bond acceptors (Lipinski definition) is 4. The lowest BCUT2D eigenvalue weighted by molar-refractivity contribution is -0.141. The monoisotopic (exact) mass is 386 g/mol. The zero-order chi connectivity index (χ0) is 20.3. The van der Waals surface area contributed by atoms with Crippen LogP contribution in [-0.4, -0.2) is 49.9 Å². The normalized spacial score (nSPS) is 23.2. The number of nitrogens with one attached hydrogen (secondary N) is 1. The van der Waals surface area contributed by atoms with E-state index in [-0.39, 0.29) is 23.7 Å². The minimum atomic E-state index is -0.401. The first-order valence-electron chi connectivity index (χ1n) is 9.88. The second-order valence-corrected chi connectivity index (χ2v) is 7.93. The highest BCUT2D eigenvalue weighted by molar-refractivity contribution is 5.82. The van der Waals surface area contributed by atoms with Crippen LogP contribution in [0.2, 0.25) is 0 Å². The molecule has 2 fully saturated rings. The van der Waals surface area contributed by atoms with Crippen LogP contribution in [0.25, 0.3) is 0 Å². The zero-order valence-electron chi connectivity index (χ0n) is 16.4. The van der Waals surface area contributed by atoms with Crippen LogP contribution in [0.3, 0.4) is 0 Å². The Kier molecular flexibility index (Phi) is 6.18. The Morgan fingerprint density at radius 1 is 1.21 bits per heavy atom. The summed E-state index contributed by atoms with van der Waals surface area (Å²) in [6.45, 7) is 4.44. The van der Waals surface area contributed by atoms with Gasteiger partial charge in [0.05, 0.1) is 23.2 Å². The van der Waals surface area contributed by atoms with Crippen LogP contribution < -0.4 is 10.2 Å². The molecule has 1 aromatic carbocycles. The van der Waals surface area contributed by atoms with E-state index in [0.29, 0.717) is 56.2 Å². The summed E-state index contributed by atoms with van der Waals surface area (Å²) in [6.07, 6.45) is 2.13. The number of anilines is 1. The number of nitriles is 1. The first kappa shape index (κ1) is 20.1. The fourth-order valence-corrected chi connectivity index (χ4v) is 4.38. The van der Waals surface area contributed by atoms with Crippen LogP contribution in [0.5, 0.6) is 0 Å². The lowest BCUT2D eigenvalue weighted by atomic mass is 9.87. The van der Waals surface area contributed by atoms with Crippen molar-refractivity contribution in [3.05, 3.63) is 29.6 Å². The quantitative estimate of drug-likeness (QED) is 0.864. The van der Waals surface area contributed by atoms with Gasteiger partial charge in [-0.1, -0.05) is 6.92 Å². The molecule has 6 nitrogen and oxygen atoms in total. The van der Waals surface area contributed by atoms with E-state index in [4.69, 9.17) is 5.26 Å².